The average Bonchev–Trinajstić information content (AvgIpc) is 2.66. The fourth-order valence-electron chi connectivity index (χ4n) is 3.53. The molecule has 0 bridgehead atoms. The number of ether oxygens (including phenoxy) is 2. The molecule has 1 aromatic rings. The predicted octanol–water partition coefficient (Wildman–Crippen LogP) is 3.63. The number of carbonyl (C=O) groups excluding carboxylic acids is 1. The van der Waals surface area contributed by atoms with Crippen LogP contribution in [-0.2, 0) is 16.1 Å². The molecule has 8 heteroatoms. The molecular weight excluding hydrogens is 392 g/mol. The standard InChI is InChI=1S/C21H27ClN4O3/c1-15(20(22)24)10-19(23)26(21(27)29-12-16-6-3-2-4-7-16)17-8-5-9-25(11-17)18-13-28-14-18/h2-4,6-7,10,17-18,23-24H,5,8-9,11-14H2,1H3/b15-10-,23-19?,24-20?. The zero-order valence-electron chi connectivity index (χ0n) is 16.6. The highest BCUT2D eigenvalue weighted by Crippen LogP contribution is 2.23. The third-order valence-electron chi connectivity index (χ3n) is 5.29. The van der Waals surface area contributed by atoms with Gasteiger partial charge in [-0.05, 0) is 43.5 Å². The van der Waals surface area contributed by atoms with Gasteiger partial charge in [0.2, 0.25) is 0 Å². The number of hydrogen-bond donors (Lipinski definition) is 2. The molecule has 29 heavy (non-hydrogen) atoms. The van der Waals surface area contributed by atoms with Crippen molar-refractivity contribution in [3.63, 3.8) is 0 Å². The van der Waals surface area contributed by atoms with Crippen LogP contribution in [0.5, 0.6) is 0 Å². The molecule has 1 atom stereocenters. The van der Waals surface area contributed by atoms with Crippen molar-refractivity contribution in [2.75, 3.05) is 26.3 Å². The highest BCUT2D eigenvalue weighted by Gasteiger charge is 2.36. The molecule has 2 N–H and O–H groups in total. The van der Waals surface area contributed by atoms with E-state index in [9.17, 15) is 4.79 Å². The van der Waals surface area contributed by atoms with Crippen molar-refractivity contribution < 1.29 is 14.3 Å². The highest BCUT2D eigenvalue weighted by molar-refractivity contribution is 6.68. The zero-order chi connectivity index (χ0) is 20.8. The van der Waals surface area contributed by atoms with Crippen LogP contribution in [0.25, 0.3) is 0 Å². The third kappa shape index (κ3) is 5.65. The molecule has 156 valence electrons. The number of hydrogen-bond acceptors (Lipinski definition) is 6. The van der Waals surface area contributed by atoms with E-state index < -0.39 is 6.09 Å². The molecule has 0 spiro atoms. The molecule has 2 fully saturated rings. The molecule has 1 aromatic carbocycles. The van der Waals surface area contributed by atoms with E-state index >= 15 is 0 Å². The maximum Gasteiger partial charge on any atom is 0.416 e. The van der Waals surface area contributed by atoms with Crippen LogP contribution in [0.3, 0.4) is 0 Å². The number of nitrogens with one attached hydrogen (secondary N) is 2. The van der Waals surface area contributed by atoms with Crippen molar-refractivity contribution >= 4 is 28.7 Å². The van der Waals surface area contributed by atoms with Crippen LogP contribution in [-0.4, -0.2) is 65.3 Å². The summed E-state index contributed by atoms with van der Waals surface area (Å²) in [7, 11) is 0. The third-order valence-corrected chi connectivity index (χ3v) is 5.59. The highest BCUT2D eigenvalue weighted by atomic mass is 35.5. The number of amidine groups is 1. The van der Waals surface area contributed by atoms with Crippen LogP contribution >= 0.6 is 11.6 Å². The van der Waals surface area contributed by atoms with Gasteiger partial charge in [0.25, 0.3) is 0 Å². The lowest BCUT2D eigenvalue weighted by Gasteiger charge is -2.44. The topological polar surface area (TPSA) is 89.7 Å². The monoisotopic (exact) mass is 418 g/mol. The van der Waals surface area contributed by atoms with Crippen molar-refractivity contribution in [1.29, 1.82) is 10.8 Å². The zero-order valence-corrected chi connectivity index (χ0v) is 17.3. The number of rotatable bonds is 6. The number of allylic oxidation sites excluding steroid dienone is 1. The molecule has 1 unspecified atom stereocenters. The molecule has 7 nitrogen and oxygen atoms in total. The maximum atomic E-state index is 13.0. The molecular formula is C21H27ClN4O3. The molecule has 0 saturated carbocycles. The van der Waals surface area contributed by atoms with Gasteiger partial charge in [0, 0.05) is 6.54 Å². The van der Waals surface area contributed by atoms with E-state index in [1.54, 1.807) is 6.92 Å². The van der Waals surface area contributed by atoms with Gasteiger partial charge in [-0.2, -0.15) is 0 Å². The van der Waals surface area contributed by atoms with Crippen molar-refractivity contribution in [2.45, 2.75) is 38.5 Å². The van der Waals surface area contributed by atoms with Crippen LogP contribution < -0.4 is 0 Å². The summed E-state index contributed by atoms with van der Waals surface area (Å²) in [6.07, 6.45) is 2.62. The predicted molar refractivity (Wildman–Crippen MR) is 113 cm³/mol. The van der Waals surface area contributed by atoms with E-state index in [1.807, 2.05) is 30.3 Å². The summed E-state index contributed by atoms with van der Waals surface area (Å²) in [4.78, 5) is 16.7. The fourth-order valence-corrected chi connectivity index (χ4v) is 3.59. The Kier molecular flexibility index (Phi) is 7.41. The molecule has 2 aliphatic rings. The summed E-state index contributed by atoms with van der Waals surface area (Å²) in [5.74, 6) is -0.0114. The molecule has 0 aliphatic carbocycles. The number of nitrogens with zero attached hydrogens (tertiary/aromatic N) is 2. The summed E-state index contributed by atoms with van der Waals surface area (Å²) in [6, 6.07) is 9.67. The number of amides is 1. The Hall–Kier alpha value is -2.22. The van der Waals surface area contributed by atoms with Crippen LogP contribution in [0.4, 0.5) is 4.79 Å². The quantitative estimate of drug-likeness (QED) is 0.545. The SMILES string of the molecule is C/C(=C/C(=N)N(C(=O)OCc1ccccc1)C1CCCN(C2COC2)C1)C(=N)Cl. The molecule has 2 aliphatic heterocycles. The van der Waals surface area contributed by atoms with Gasteiger partial charge in [0.1, 0.15) is 17.6 Å². The van der Waals surface area contributed by atoms with E-state index in [0.29, 0.717) is 31.4 Å². The van der Waals surface area contributed by atoms with Crippen LogP contribution in [0.15, 0.2) is 42.0 Å². The summed E-state index contributed by atoms with van der Waals surface area (Å²) in [6.45, 7) is 4.85. The molecule has 0 aromatic heterocycles. The lowest BCUT2D eigenvalue weighted by molar-refractivity contribution is -0.0764. The van der Waals surface area contributed by atoms with Crippen LogP contribution in [0.1, 0.15) is 25.3 Å². The Bertz CT molecular complexity index is 779. The second-order valence-corrected chi connectivity index (χ2v) is 7.80. The molecule has 0 radical (unpaired) electrons. The van der Waals surface area contributed by atoms with Gasteiger partial charge >= 0.3 is 6.09 Å². The first-order valence-electron chi connectivity index (χ1n) is 9.78. The van der Waals surface area contributed by atoms with Gasteiger partial charge in [-0.15, -0.1) is 0 Å². The Morgan fingerprint density at radius 1 is 1.34 bits per heavy atom. The van der Waals surface area contributed by atoms with Crippen molar-refractivity contribution in [3.05, 3.63) is 47.5 Å². The van der Waals surface area contributed by atoms with E-state index in [-0.39, 0.29) is 23.7 Å². The summed E-state index contributed by atoms with van der Waals surface area (Å²) in [5, 5.41) is 15.9. The smallest absolute Gasteiger partial charge is 0.416 e. The van der Waals surface area contributed by atoms with Crippen LogP contribution in [0.2, 0.25) is 0 Å². The van der Waals surface area contributed by atoms with Gasteiger partial charge < -0.3 is 9.47 Å². The minimum absolute atomic E-state index is 0.0114. The first-order chi connectivity index (χ1) is 14.0. The fraction of sp³-hybridized carbons (Fsp3) is 0.476. The largest absolute Gasteiger partial charge is 0.444 e. The average molecular weight is 419 g/mol. The second-order valence-electron chi connectivity index (χ2n) is 7.42. The van der Waals surface area contributed by atoms with Crippen molar-refractivity contribution in [2.24, 2.45) is 0 Å². The van der Waals surface area contributed by atoms with Crippen molar-refractivity contribution in [1.82, 2.24) is 9.80 Å². The molecule has 3 rings (SSSR count). The number of carbonyl (C=O) groups is 1. The van der Waals surface area contributed by atoms with E-state index in [2.05, 4.69) is 4.90 Å². The Labute approximate surface area is 176 Å². The van der Waals surface area contributed by atoms with E-state index in [0.717, 1.165) is 24.9 Å². The van der Waals surface area contributed by atoms with E-state index in [1.165, 1.54) is 11.0 Å². The van der Waals surface area contributed by atoms with Crippen LogP contribution in [0, 0.1) is 10.8 Å². The van der Waals surface area contributed by atoms with Gasteiger partial charge in [0.15, 0.2) is 0 Å². The normalized spacial score (nSPS) is 20.6. The Morgan fingerprint density at radius 2 is 2.07 bits per heavy atom. The first kappa shape index (κ1) is 21.5. The number of halogens is 1. The maximum absolute atomic E-state index is 13.0. The van der Waals surface area contributed by atoms with Gasteiger partial charge in [-0.25, -0.2) is 4.79 Å². The summed E-state index contributed by atoms with van der Waals surface area (Å²) in [5.41, 5.74) is 1.32. The van der Waals surface area contributed by atoms with E-state index in [4.69, 9.17) is 31.9 Å². The molecule has 2 saturated heterocycles. The molecule has 2 heterocycles. The van der Waals surface area contributed by atoms with Gasteiger partial charge in [0.05, 0.1) is 25.3 Å². The Morgan fingerprint density at radius 3 is 2.69 bits per heavy atom. The van der Waals surface area contributed by atoms with Gasteiger partial charge in [-0.1, -0.05) is 41.9 Å². The summed E-state index contributed by atoms with van der Waals surface area (Å²) < 4.78 is 10.8. The number of benzene rings is 1. The number of likely N-dealkylation sites (tertiary alicyclic amines) is 1. The Balaban J connectivity index is 1.74. The first-order valence-corrected chi connectivity index (χ1v) is 10.2. The lowest BCUT2D eigenvalue weighted by Crippen LogP contribution is -2.58. The lowest BCUT2D eigenvalue weighted by atomic mass is 10.0. The minimum Gasteiger partial charge on any atom is -0.444 e. The number of piperidine rings is 1. The van der Waals surface area contributed by atoms with Crippen molar-refractivity contribution in [3.8, 4) is 0 Å². The second kappa shape index (κ2) is 10.0. The minimum atomic E-state index is -0.555. The van der Waals surface area contributed by atoms with Gasteiger partial charge in [-0.3, -0.25) is 20.6 Å². The summed E-state index contributed by atoms with van der Waals surface area (Å²) >= 11 is 5.74. The molecule has 1 amide bonds.